The molecule has 0 aliphatic rings. The molecule has 0 aliphatic carbocycles. The smallest absolute Gasteiger partial charge is 0.123 e. The molecule has 0 spiro atoms. The van der Waals surface area contributed by atoms with Crippen LogP contribution < -0.4 is 5.73 Å². The molecule has 0 fully saturated rings. The fraction of sp³-hybridized carbons (Fsp3) is 0.455. The summed E-state index contributed by atoms with van der Waals surface area (Å²) in [5, 5.41) is 19.0. The van der Waals surface area contributed by atoms with Gasteiger partial charge in [0.1, 0.15) is 5.75 Å². The highest BCUT2D eigenvalue weighted by Gasteiger charge is 2.19. The van der Waals surface area contributed by atoms with Crippen molar-refractivity contribution >= 4 is 15.9 Å². The predicted octanol–water partition coefficient (Wildman–Crippen LogP) is 2.07. The summed E-state index contributed by atoms with van der Waals surface area (Å²) in [6.07, 6.45) is 0. The van der Waals surface area contributed by atoms with E-state index >= 15 is 0 Å². The van der Waals surface area contributed by atoms with Crippen LogP contribution in [-0.4, -0.2) is 16.8 Å². The van der Waals surface area contributed by atoms with Crippen molar-refractivity contribution in [2.45, 2.75) is 26.8 Å². The second-order valence-electron chi connectivity index (χ2n) is 3.74. The summed E-state index contributed by atoms with van der Waals surface area (Å²) >= 11 is 3.46. The number of hydrogen-bond acceptors (Lipinski definition) is 3. The van der Waals surface area contributed by atoms with Crippen LogP contribution in [0.3, 0.4) is 0 Å². The fourth-order valence-corrected chi connectivity index (χ4v) is 2.18. The molecule has 4 heteroatoms. The van der Waals surface area contributed by atoms with Gasteiger partial charge in [-0.3, -0.25) is 0 Å². The molecular formula is C11H16BrNO2. The van der Waals surface area contributed by atoms with E-state index in [0.29, 0.717) is 5.56 Å². The van der Waals surface area contributed by atoms with Gasteiger partial charge in [-0.2, -0.15) is 0 Å². The lowest BCUT2D eigenvalue weighted by molar-refractivity contribution is 0.264. The van der Waals surface area contributed by atoms with Gasteiger partial charge in [0.15, 0.2) is 0 Å². The minimum atomic E-state index is -0.541. The van der Waals surface area contributed by atoms with Crippen molar-refractivity contribution < 1.29 is 10.2 Å². The van der Waals surface area contributed by atoms with Crippen molar-refractivity contribution in [2.24, 2.45) is 5.73 Å². The van der Waals surface area contributed by atoms with E-state index in [4.69, 9.17) is 10.8 Å². The van der Waals surface area contributed by atoms with E-state index in [1.807, 2.05) is 20.8 Å². The Balaban J connectivity index is 3.52. The van der Waals surface area contributed by atoms with Gasteiger partial charge < -0.3 is 15.9 Å². The Kier molecular flexibility index (Phi) is 3.76. The summed E-state index contributed by atoms with van der Waals surface area (Å²) in [6.45, 7) is 5.47. The summed E-state index contributed by atoms with van der Waals surface area (Å²) in [4.78, 5) is 0. The van der Waals surface area contributed by atoms with Gasteiger partial charge in [-0.05, 0) is 37.5 Å². The Bertz CT molecular complexity index is 362. The zero-order valence-electron chi connectivity index (χ0n) is 9.13. The van der Waals surface area contributed by atoms with E-state index in [0.717, 1.165) is 21.2 Å². The fourth-order valence-electron chi connectivity index (χ4n) is 1.67. The van der Waals surface area contributed by atoms with Crippen LogP contribution in [0.25, 0.3) is 0 Å². The number of rotatable bonds is 2. The molecule has 1 rings (SSSR count). The Labute approximate surface area is 98.1 Å². The van der Waals surface area contributed by atoms with Crippen LogP contribution in [0, 0.1) is 20.8 Å². The Morgan fingerprint density at radius 2 is 1.73 bits per heavy atom. The largest absolute Gasteiger partial charge is 0.507 e. The van der Waals surface area contributed by atoms with Crippen molar-refractivity contribution in [3.05, 3.63) is 26.7 Å². The number of nitrogens with two attached hydrogens (primary N) is 1. The van der Waals surface area contributed by atoms with Crippen molar-refractivity contribution in [1.29, 1.82) is 0 Å². The molecule has 15 heavy (non-hydrogen) atoms. The number of aliphatic hydroxyl groups is 1. The molecule has 0 heterocycles. The summed E-state index contributed by atoms with van der Waals surface area (Å²) in [5.74, 6) is 0.190. The Morgan fingerprint density at radius 3 is 2.20 bits per heavy atom. The highest BCUT2D eigenvalue weighted by atomic mass is 79.9. The van der Waals surface area contributed by atoms with Crippen molar-refractivity contribution in [1.82, 2.24) is 0 Å². The zero-order valence-corrected chi connectivity index (χ0v) is 10.7. The van der Waals surface area contributed by atoms with Crippen LogP contribution in [0.4, 0.5) is 0 Å². The van der Waals surface area contributed by atoms with Crippen LogP contribution in [-0.2, 0) is 0 Å². The number of halogens is 1. The molecule has 1 atom stereocenters. The number of aromatic hydroxyl groups is 1. The normalized spacial score (nSPS) is 12.9. The first-order chi connectivity index (χ1) is 6.91. The first-order valence-electron chi connectivity index (χ1n) is 4.76. The molecule has 84 valence electrons. The third-order valence-electron chi connectivity index (χ3n) is 2.80. The molecule has 0 saturated heterocycles. The van der Waals surface area contributed by atoms with Crippen LogP contribution >= 0.6 is 15.9 Å². The van der Waals surface area contributed by atoms with Crippen LogP contribution in [0.2, 0.25) is 0 Å². The third-order valence-corrected chi connectivity index (χ3v) is 3.99. The van der Waals surface area contributed by atoms with Gasteiger partial charge in [-0.1, -0.05) is 15.9 Å². The number of hydrogen-bond donors (Lipinski definition) is 3. The molecule has 0 radical (unpaired) electrons. The number of benzene rings is 1. The highest BCUT2D eigenvalue weighted by Crippen LogP contribution is 2.37. The van der Waals surface area contributed by atoms with E-state index in [9.17, 15) is 5.11 Å². The molecule has 1 aromatic carbocycles. The number of phenols is 1. The quantitative estimate of drug-likeness (QED) is 0.773. The predicted molar refractivity (Wildman–Crippen MR) is 64.0 cm³/mol. The Hall–Kier alpha value is -0.580. The van der Waals surface area contributed by atoms with Gasteiger partial charge in [0, 0.05) is 10.0 Å². The van der Waals surface area contributed by atoms with Gasteiger partial charge in [-0.15, -0.1) is 0 Å². The lowest BCUT2D eigenvalue weighted by Crippen LogP contribution is -2.17. The van der Waals surface area contributed by atoms with E-state index in [-0.39, 0.29) is 12.4 Å². The molecule has 3 nitrogen and oxygen atoms in total. The number of aliphatic hydroxyl groups excluding tert-OH is 1. The van der Waals surface area contributed by atoms with Gasteiger partial charge in [0.2, 0.25) is 0 Å². The molecule has 0 bridgehead atoms. The third kappa shape index (κ3) is 2.02. The monoisotopic (exact) mass is 273 g/mol. The first-order valence-corrected chi connectivity index (χ1v) is 5.55. The standard InChI is InChI=1S/C11H16BrNO2/c1-5-6(2)11(15)9(8(13)4-14)7(3)10(5)12/h8,14-15H,4,13H2,1-3H3. The maximum Gasteiger partial charge on any atom is 0.123 e. The lowest BCUT2D eigenvalue weighted by atomic mass is 9.95. The van der Waals surface area contributed by atoms with E-state index in [1.54, 1.807) is 0 Å². The molecule has 0 amide bonds. The van der Waals surface area contributed by atoms with Crippen molar-refractivity contribution in [3.63, 3.8) is 0 Å². The molecule has 1 unspecified atom stereocenters. The second kappa shape index (κ2) is 4.51. The first kappa shape index (κ1) is 12.5. The molecule has 0 saturated carbocycles. The van der Waals surface area contributed by atoms with Gasteiger partial charge in [0.05, 0.1) is 12.6 Å². The van der Waals surface area contributed by atoms with E-state index in [1.165, 1.54) is 0 Å². The average molecular weight is 274 g/mol. The lowest BCUT2D eigenvalue weighted by Gasteiger charge is -2.19. The molecule has 0 aromatic heterocycles. The zero-order chi connectivity index (χ0) is 11.7. The topological polar surface area (TPSA) is 66.5 Å². The second-order valence-corrected chi connectivity index (χ2v) is 4.53. The highest BCUT2D eigenvalue weighted by molar-refractivity contribution is 9.10. The van der Waals surface area contributed by atoms with Gasteiger partial charge >= 0.3 is 0 Å². The molecule has 1 aromatic rings. The summed E-state index contributed by atoms with van der Waals surface area (Å²) in [6, 6.07) is -0.541. The van der Waals surface area contributed by atoms with Crippen molar-refractivity contribution in [2.75, 3.05) is 6.61 Å². The van der Waals surface area contributed by atoms with Crippen LogP contribution in [0.1, 0.15) is 28.3 Å². The molecule has 4 N–H and O–H groups in total. The SMILES string of the molecule is Cc1c(C)c(Br)c(C)c(C(N)CO)c1O. The average Bonchev–Trinajstić information content (AvgIpc) is 2.23. The molecule has 0 aliphatic heterocycles. The minimum Gasteiger partial charge on any atom is -0.507 e. The maximum atomic E-state index is 9.97. The summed E-state index contributed by atoms with van der Waals surface area (Å²) in [5.41, 5.74) is 9.05. The van der Waals surface area contributed by atoms with Crippen LogP contribution in [0.5, 0.6) is 5.75 Å². The summed E-state index contributed by atoms with van der Waals surface area (Å²) in [7, 11) is 0. The molecular weight excluding hydrogens is 258 g/mol. The van der Waals surface area contributed by atoms with E-state index < -0.39 is 6.04 Å². The summed E-state index contributed by atoms with van der Waals surface area (Å²) < 4.78 is 0.941. The van der Waals surface area contributed by atoms with Crippen LogP contribution in [0.15, 0.2) is 4.47 Å². The van der Waals surface area contributed by atoms with E-state index in [2.05, 4.69) is 15.9 Å². The maximum absolute atomic E-state index is 9.97. The van der Waals surface area contributed by atoms with Gasteiger partial charge in [0.25, 0.3) is 0 Å². The van der Waals surface area contributed by atoms with Crippen molar-refractivity contribution in [3.8, 4) is 5.75 Å². The van der Waals surface area contributed by atoms with Gasteiger partial charge in [-0.25, -0.2) is 0 Å². The number of phenolic OH excluding ortho intramolecular Hbond substituents is 1. The Morgan fingerprint density at radius 1 is 1.20 bits per heavy atom. The minimum absolute atomic E-state index is 0.177.